The monoisotopic (exact) mass is 408 g/mol. The summed E-state index contributed by atoms with van der Waals surface area (Å²) < 4.78 is 7.26. The lowest BCUT2D eigenvalue weighted by atomic mass is 9.97. The van der Waals surface area contributed by atoms with Gasteiger partial charge in [0, 0.05) is 25.2 Å². The summed E-state index contributed by atoms with van der Waals surface area (Å²) in [5, 5.41) is 11.4. The van der Waals surface area contributed by atoms with Crippen LogP contribution in [0.4, 0.5) is 5.82 Å². The molecule has 1 aliphatic rings. The number of rotatable bonds is 6. The zero-order valence-corrected chi connectivity index (χ0v) is 17.7. The van der Waals surface area contributed by atoms with E-state index in [1.165, 1.54) is 0 Å². The number of carbonyl (C=O) groups is 1. The van der Waals surface area contributed by atoms with Crippen LogP contribution in [-0.4, -0.2) is 45.9 Å². The molecule has 0 radical (unpaired) electrons. The lowest BCUT2D eigenvalue weighted by Gasteiger charge is -2.32. The summed E-state index contributed by atoms with van der Waals surface area (Å²) in [5.74, 6) is 2.12. The molecule has 30 heavy (non-hydrogen) atoms. The minimum absolute atomic E-state index is 0.0588. The quantitative estimate of drug-likeness (QED) is 0.675. The summed E-state index contributed by atoms with van der Waals surface area (Å²) in [6.45, 7) is 6.19. The Morgan fingerprint density at radius 2 is 2.07 bits per heavy atom. The van der Waals surface area contributed by atoms with E-state index in [0.717, 1.165) is 42.1 Å². The molecule has 1 unspecified atom stereocenters. The Morgan fingerprint density at radius 3 is 2.80 bits per heavy atom. The van der Waals surface area contributed by atoms with Gasteiger partial charge in [0.15, 0.2) is 5.82 Å². The molecule has 0 saturated carbocycles. The van der Waals surface area contributed by atoms with Crippen molar-refractivity contribution in [1.29, 1.82) is 0 Å². The summed E-state index contributed by atoms with van der Waals surface area (Å²) in [4.78, 5) is 19.8. The van der Waals surface area contributed by atoms with Crippen LogP contribution in [0.5, 0.6) is 5.88 Å². The second kappa shape index (κ2) is 8.69. The Morgan fingerprint density at radius 1 is 1.23 bits per heavy atom. The predicted molar refractivity (Wildman–Crippen MR) is 115 cm³/mol. The van der Waals surface area contributed by atoms with Crippen molar-refractivity contribution < 1.29 is 9.53 Å². The summed E-state index contributed by atoms with van der Waals surface area (Å²) in [6, 6.07) is 12.0. The van der Waals surface area contributed by atoms with E-state index in [-0.39, 0.29) is 17.9 Å². The van der Waals surface area contributed by atoms with Gasteiger partial charge >= 0.3 is 0 Å². The molecule has 1 amide bonds. The van der Waals surface area contributed by atoms with Crippen molar-refractivity contribution in [3.05, 3.63) is 42.2 Å². The third-order valence-corrected chi connectivity index (χ3v) is 5.56. The van der Waals surface area contributed by atoms with Crippen molar-refractivity contribution in [3.8, 4) is 5.88 Å². The molecule has 1 N–H and O–H groups in total. The first-order chi connectivity index (χ1) is 14.6. The maximum atomic E-state index is 12.9. The number of hydrogen-bond acceptors (Lipinski definition) is 6. The normalized spacial score (nSPS) is 16.8. The zero-order chi connectivity index (χ0) is 21.1. The smallest absolute Gasteiger partial charge is 0.233 e. The number of nitrogens with one attached hydrogen (secondary N) is 1. The molecule has 2 aromatic heterocycles. The number of aromatic nitrogens is 4. The standard InChI is InChI=1S/C22H28N6O2/c1-15(2)28-18-9-5-4-8-17(18)24-20(28)13-23-22(29)16-7-6-12-27(14-16)19-10-11-21(30-3)26-25-19/h4-5,8-11,15-16H,6-7,12-14H2,1-3H3,(H,23,29). The molecule has 1 atom stereocenters. The highest BCUT2D eigenvalue weighted by Gasteiger charge is 2.27. The van der Waals surface area contributed by atoms with Crippen LogP contribution in [0.2, 0.25) is 0 Å². The van der Waals surface area contributed by atoms with Gasteiger partial charge in [-0.25, -0.2) is 4.98 Å². The average molecular weight is 409 g/mol. The van der Waals surface area contributed by atoms with E-state index in [0.29, 0.717) is 19.0 Å². The number of nitrogens with zero attached hydrogens (tertiary/aromatic N) is 5. The number of fused-ring (bicyclic) bond motifs is 1. The fraction of sp³-hybridized carbons (Fsp3) is 0.455. The van der Waals surface area contributed by atoms with Gasteiger partial charge in [0.05, 0.1) is 30.6 Å². The number of ether oxygens (including phenoxy) is 1. The van der Waals surface area contributed by atoms with Crippen molar-refractivity contribution >= 4 is 22.8 Å². The van der Waals surface area contributed by atoms with Crippen LogP contribution in [0.25, 0.3) is 11.0 Å². The zero-order valence-electron chi connectivity index (χ0n) is 17.7. The number of hydrogen-bond donors (Lipinski definition) is 1. The Kier molecular flexibility index (Phi) is 5.83. The van der Waals surface area contributed by atoms with Crippen molar-refractivity contribution in [3.63, 3.8) is 0 Å². The first-order valence-corrected chi connectivity index (χ1v) is 10.4. The van der Waals surface area contributed by atoms with E-state index >= 15 is 0 Å². The number of amides is 1. The highest BCUT2D eigenvalue weighted by molar-refractivity contribution is 5.80. The average Bonchev–Trinajstić information content (AvgIpc) is 3.16. The highest BCUT2D eigenvalue weighted by atomic mass is 16.5. The van der Waals surface area contributed by atoms with Gasteiger partial charge in [-0.1, -0.05) is 12.1 Å². The highest BCUT2D eigenvalue weighted by Crippen LogP contribution is 2.23. The molecule has 1 aromatic carbocycles. The molecule has 1 fully saturated rings. The van der Waals surface area contributed by atoms with E-state index in [4.69, 9.17) is 9.72 Å². The molecule has 4 rings (SSSR count). The fourth-order valence-corrected chi connectivity index (χ4v) is 4.10. The van der Waals surface area contributed by atoms with Gasteiger partial charge in [0.1, 0.15) is 5.82 Å². The molecule has 158 valence electrons. The van der Waals surface area contributed by atoms with Crippen LogP contribution in [0.15, 0.2) is 36.4 Å². The Hall–Kier alpha value is -3.16. The van der Waals surface area contributed by atoms with E-state index < -0.39 is 0 Å². The summed E-state index contributed by atoms with van der Waals surface area (Å²) in [7, 11) is 1.57. The molecule has 0 bridgehead atoms. The van der Waals surface area contributed by atoms with Crippen molar-refractivity contribution in [1.82, 2.24) is 25.1 Å². The summed E-state index contributed by atoms with van der Waals surface area (Å²) in [6.07, 6.45) is 1.81. The molecule has 1 saturated heterocycles. The maximum absolute atomic E-state index is 12.9. The number of piperidine rings is 1. The lowest BCUT2D eigenvalue weighted by molar-refractivity contribution is -0.125. The van der Waals surface area contributed by atoms with Crippen LogP contribution in [0, 0.1) is 5.92 Å². The topological polar surface area (TPSA) is 85.2 Å². The number of para-hydroxylation sites is 2. The van der Waals surface area contributed by atoms with Gasteiger partial charge in [-0.2, -0.15) is 0 Å². The largest absolute Gasteiger partial charge is 0.480 e. The fourth-order valence-electron chi connectivity index (χ4n) is 4.10. The summed E-state index contributed by atoms with van der Waals surface area (Å²) >= 11 is 0. The first kappa shape index (κ1) is 20.1. The van der Waals surface area contributed by atoms with Gasteiger partial charge in [0.2, 0.25) is 11.8 Å². The minimum Gasteiger partial charge on any atom is -0.480 e. The van der Waals surface area contributed by atoms with Crippen LogP contribution in [0.1, 0.15) is 38.6 Å². The van der Waals surface area contributed by atoms with Gasteiger partial charge in [-0.15, -0.1) is 10.2 Å². The van der Waals surface area contributed by atoms with Crippen molar-refractivity contribution in [2.45, 2.75) is 39.3 Å². The summed E-state index contributed by atoms with van der Waals surface area (Å²) in [5.41, 5.74) is 2.05. The van der Waals surface area contributed by atoms with Crippen molar-refractivity contribution in [2.75, 3.05) is 25.1 Å². The second-order valence-corrected chi connectivity index (χ2v) is 7.92. The third-order valence-electron chi connectivity index (χ3n) is 5.56. The Bertz CT molecular complexity index is 1010. The van der Waals surface area contributed by atoms with Crippen LogP contribution >= 0.6 is 0 Å². The number of imidazole rings is 1. The van der Waals surface area contributed by atoms with E-state index in [1.807, 2.05) is 24.3 Å². The molecule has 3 aromatic rings. The van der Waals surface area contributed by atoms with Crippen LogP contribution < -0.4 is 15.0 Å². The molecule has 8 heteroatoms. The second-order valence-electron chi connectivity index (χ2n) is 7.92. The predicted octanol–water partition coefficient (Wildman–Crippen LogP) is 2.95. The third kappa shape index (κ3) is 4.08. The number of anilines is 1. The number of carbonyl (C=O) groups excluding carboxylic acids is 1. The molecule has 0 aliphatic carbocycles. The first-order valence-electron chi connectivity index (χ1n) is 10.4. The molecule has 8 nitrogen and oxygen atoms in total. The van der Waals surface area contributed by atoms with Crippen LogP contribution in [-0.2, 0) is 11.3 Å². The molecule has 0 spiro atoms. The molecular weight excluding hydrogens is 380 g/mol. The number of benzene rings is 1. The van der Waals surface area contributed by atoms with E-state index in [9.17, 15) is 4.79 Å². The molecule has 3 heterocycles. The van der Waals surface area contributed by atoms with Gasteiger partial charge in [-0.05, 0) is 44.9 Å². The van der Waals surface area contributed by atoms with Crippen LogP contribution in [0.3, 0.4) is 0 Å². The Balaban J connectivity index is 1.42. The van der Waals surface area contributed by atoms with Gasteiger partial charge < -0.3 is 19.5 Å². The SMILES string of the molecule is COc1ccc(N2CCCC(C(=O)NCc3nc4ccccc4n3C(C)C)C2)nn1. The van der Waals surface area contributed by atoms with Gasteiger partial charge in [-0.3, -0.25) is 4.79 Å². The lowest BCUT2D eigenvalue weighted by Crippen LogP contribution is -2.43. The van der Waals surface area contributed by atoms with E-state index in [2.05, 4.69) is 44.9 Å². The molecule has 1 aliphatic heterocycles. The van der Waals surface area contributed by atoms with E-state index in [1.54, 1.807) is 13.2 Å². The molecular formula is C22H28N6O2. The Labute approximate surface area is 176 Å². The van der Waals surface area contributed by atoms with Gasteiger partial charge in [0.25, 0.3) is 0 Å². The maximum Gasteiger partial charge on any atom is 0.233 e. The number of methoxy groups -OCH3 is 1. The minimum atomic E-state index is -0.0838. The van der Waals surface area contributed by atoms with Crippen molar-refractivity contribution in [2.24, 2.45) is 5.92 Å².